The molecule has 3 nitrogen and oxygen atoms in total. The minimum Gasteiger partial charge on any atom is -0.423 e. The highest BCUT2D eigenvalue weighted by molar-refractivity contribution is 6.58. The molecule has 3 N–H and O–H groups in total. The Kier molecular flexibility index (Phi) is 3.58. The van der Waals surface area contributed by atoms with Crippen LogP contribution >= 0.6 is 0 Å². The number of hydrogen-bond acceptors (Lipinski definition) is 3. The third-order valence-corrected chi connectivity index (χ3v) is 3.11. The summed E-state index contributed by atoms with van der Waals surface area (Å²) in [5, 5.41) is 21.1. The molecule has 1 aromatic carbocycles. The summed E-state index contributed by atoms with van der Waals surface area (Å²) < 4.78 is 13.5. The molecule has 0 unspecified atom stereocenters. The molecule has 1 heterocycles. The van der Waals surface area contributed by atoms with Crippen LogP contribution in [0, 0.1) is 5.82 Å². The van der Waals surface area contributed by atoms with Crippen molar-refractivity contribution in [2.45, 2.75) is 18.8 Å². The van der Waals surface area contributed by atoms with E-state index in [2.05, 4.69) is 5.32 Å². The Morgan fingerprint density at radius 1 is 1.25 bits per heavy atom. The number of hydrogen-bond donors (Lipinski definition) is 3. The molecule has 16 heavy (non-hydrogen) atoms. The van der Waals surface area contributed by atoms with Crippen LogP contribution in [-0.4, -0.2) is 30.3 Å². The summed E-state index contributed by atoms with van der Waals surface area (Å²) in [7, 11) is -1.73. The Hall–Kier alpha value is -0.905. The highest BCUT2D eigenvalue weighted by Gasteiger charge is 2.20. The maximum Gasteiger partial charge on any atom is 0.491 e. The van der Waals surface area contributed by atoms with Gasteiger partial charge in [0.15, 0.2) is 0 Å². The molecule has 1 aliphatic heterocycles. The number of piperidine rings is 1. The standard InChI is InChI=1S/C11H15BFNO2/c13-11-7-9(1-2-10(11)12(15)16)8-3-5-14-6-4-8/h1-2,7-8,14-16H,3-6H2. The van der Waals surface area contributed by atoms with E-state index in [0.29, 0.717) is 5.92 Å². The first-order valence-corrected chi connectivity index (χ1v) is 5.54. The van der Waals surface area contributed by atoms with Gasteiger partial charge in [0, 0.05) is 5.46 Å². The Balaban J connectivity index is 2.19. The van der Waals surface area contributed by atoms with Gasteiger partial charge in [-0.3, -0.25) is 0 Å². The van der Waals surface area contributed by atoms with E-state index in [-0.39, 0.29) is 5.46 Å². The molecule has 0 atom stereocenters. The predicted octanol–water partition coefficient (Wildman–Crippen LogP) is -0.0275. The summed E-state index contributed by atoms with van der Waals surface area (Å²) in [6, 6.07) is 4.66. The quantitative estimate of drug-likeness (QED) is 0.617. The zero-order chi connectivity index (χ0) is 11.5. The fraction of sp³-hybridized carbons (Fsp3) is 0.455. The lowest BCUT2D eigenvalue weighted by Crippen LogP contribution is -2.33. The Bertz CT molecular complexity index is 367. The molecule has 1 aromatic rings. The van der Waals surface area contributed by atoms with Crippen molar-refractivity contribution in [3.05, 3.63) is 29.6 Å². The van der Waals surface area contributed by atoms with Gasteiger partial charge >= 0.3 is 7.12 Å². The van der Waals surface area contributed by atoms with Gasteiger partial charge in [0.2, 0.25) is 0 Å². The van der Waals surface area contributed by atoms with Gasteiger partial charge in [-0.25, -0.2) is 4.39 Å². The van der Waals surface area contributed by atoms with Crippen LogP contribution in [0.3, 0.4) is 0 Å². The molecule has 0 aromatic heterocycles. The third kappa shape index (κ3) is 2.43. The smallest absolute Gasteiger partial charge is 0.423 e. The van der Waals surface area contributed by atoms with Crippen molar-refractivity contribution in [1.29, 1.82) is 0 Å². The van der Waals surface area contributed by atoms with Crippen LogP contribution < -0.4 is 10.8 Å². The monoisotopic (exact) mass is 223 g/mol. The Labute approximate surface area is 94.4 Å². The summed E-state index contributed by atoms with van der Waals surface area (Å²) in [5.41, 5.74) is 0.890. The molecule has 2 rings (SSSR count). The summed E-state index contributed by atoms with van der Waals surface area (Å²) >= 11 is 0. The SMILES string of the molecule is OB(O)c1ccc(C2CCNCC2)cc1F. The highest BCUT2D eigenvalue weighted by Crippen LogP contribution is 2.24. The van der Waals surface area contributed by atoms with Gasteiger partial charge < -0.3 is 15.4 Å². The second-order valence-corrected chi connectivity index (χ2v) is 4.18. The molecule has 0 radical (unpaired) electrons. The van der Waals surface area contributed by atoms with Crippen molar-refractivity contribution >= 4 is 12.6 Å². The van der Waals surface area contributed by atoms with E-state index in [1.807, 2.05) is 0 Å². The molecule has 1 fully saturated rings. The summed E-state index contributed by atoms with van der Waals surface area (Å²) in [4.78, 5) is 0. The van der Waals surface area contributed by atoms with E-state index in [1.165, 1.54) is 12.1 Å². The summed E-state index contributed by atoms with van der Waals surface area (Å²) in [6.45, 7) is 1.91. The molecule has 0 amide bonds. The topological polar surface area (TPSA) is 52.5 Å². The molecule has 0 spiro atoms. The first-order chi connectivity index (χ1) is 7.68. The van der Waals surface area contributed by atoms with Crippen LogP contribution in [0.25, 0.3) is 0 Å². The average molecular weight is 223 g/mol. The minimum absolute atomic E-state index is 0.0577. The molecule has 86 valence electrons. The number of benzene rings is 1. The van der Waals surface area contributed by atoms with Gasteiger partial charge in [0.25, 0.3) is 0 Å². The van der Waals surface area contributed by atoms with Crippen molar-refractivity contribution in [3.8, 4) is 0 Å². The van der Waals surface area contributed by atoms with Crippen molar-refractivity contribution in [2.75, 3.05) is 13.1 Å². The molecule has 0 saturated carbocycles. The normalized spacial score (nSPS) is 17.4. The summed E-state index contributed by atoms with van der Waals surface area (Å²) in [6.07, 6.45) is 2.00. The molecule has 0 bridgehead atoms. The number of rotatable bonds is 2. The van der Waals surface area contributed by atoms with Crippen molar-refractivity contribution in [3.63, 3.8) is 0 Å². The van der Waals surface area contributed by atoms with E-state index in [1.54, 1.807) is 6.07 Å². The first kappa shape index (κ1) is 11.6. The molecule has 0 aliphatic carbocycles. The molecular weight excluding hydrogens is 208 g/mol. The van der Waals surface area contributed by atoms with E-state index in [9.17, 15) is 4.39 Å². The lowest BCUT2D eigenvalue weighted by atomic mass is 9.78. The van der Waals surface area contributed by atoms with Crippen LogP contribution in [0.1, 0.15) is 24.3 Å². The van der Waals surface area contributed by atoms with Crippen molar-refractivity contribution in [2.24, 2.45) is 0 Å². The molecule has 1 aliphatic rings. The van der Waals surface area contributed by atoms with Crippen LogP contribution in [-0.2, 0) is 0 Å². The predicted molar refractivity (Wildman–Crippen MR) is 61.1 cm³/mol. The maximum absolute atomic E-state index is 13.5. The van der Waals surface area contributed by atoms with Crippen molar-refractivity contribution in [1.82, 2.24) is 5.32 Å². The van der Waals surface area contributed by atoms with Gasteiger partial charge in [0.1, 0.15) is 5.82 Å². The van der Waals surface area contributed by atoms with Crippen LogP contribution in [0.15, 0.2) is 18.2 Å². The third-order valence-electron chi connectivity index (χ3n) is 3.11. The van der Waals surface area contributed by atoms with Crippen LogP contribution in [0.5, 0.6) is 0 Å². The molecular formula is C11H15BFNO2. The van der Waals surface area contributed by atoms with E-state index in [4.69, 9.17) is 10.0 Å². The van der Waals surface area contributed by atoms with Gasteiger partial charge in [0.05, 0.1) is 0 Å². The van der Waals surface area contributed by atoms with Gasteiger partial charge in [-0.15, -0.1) is 0 Å². The molecule has 1 saturated heterocycles. The first-order valence-electron chi connectivity index (χ1n) is 5.54. The Morgan fingerprint density at radius 2 is 1.94 bits per heavy atom. The van der Waals surface area contributed by atoms with E-state index < -0.39 is 12.9 Å². The lowest BCUT2D eigenvalue weighted by Gasteiger charge is -2.23. The lowest BCUT2D eigenvalue weighted by molar-refractivity contribution is 0.422. The minimum atomic E-state index is -1.73. The second kappa shape index (κ2) is 4.95. The van der Waals surface area contributed by atoms with E-state index >= 15 is 0 Å². The van der Waals surface area contributed by atoms with Gasteiger partial charge in [-0.2, -0.15) is 0 Å². The van der Waals surface area contributed by atoms with E-state index in [0.717, 1.165) is 31.5 Å². The number of halogens is 1. The fourth-order valence-corrected chi connectivity index (χ4v) is 2.16. The summed E-state index contributed by atoms with van der Waals surface area (Å²) in [5.74, 6) is -0.160. The highest BCUT2D eigenvalue weighted by atomic mass is 19.1. The second-order valence-electron chi connectivity index (χ2n) is 4.18. The van der Waals surface area contributed by atoms with Crippen LogP contribution in [0.4, 0.5) is 4.39 Å². The maximum atomic E-state index is 13.5. The van der Waals surface area contributed by atoms with Crippen molar-refractivity contribution < 1.29 is 14.4 Å². The van der Waals surface area contributed by atoms with Crippen LogP contribution in [0.2, 0.25) is 0 Å². The van der Waals surface area contributed by atoms with Gasteiger partial charge in [-0.1, -0.05) is 12.1 Å². The average Bonchev–Trinajstić information content (AvgIpc) is 2.29. The zero-order valence-corrected chi connectivity index (χ0v) is 8.99. The molecule has 5 heteroatoms. The Morgan fingerprint density at radius 3 is 2.50 bits per heavy atom. The number of nitrogens with one attached hydrogen (secondary N) is 1. The largest absolute Gasteiger partial charge is 0.491 e. The van der Waals surface area contributed by atoms with Gasteiger partial charge in [-0.05, 0) is 43.5 Å². The zero-order valence-electron chi connectivity index (χ0n) is 8.99. The fourth-order valence-electron chi connectivity index (χ4n) is 2.16.